The van der Waals surface area contributed by atoms with Gasteiger partial charge >= 0.3 is 0 Å². The number of nitrogens with zero attached hydrogens (tertiary/aromatic N) is 2. The lowest BCUT2D eigenvalue weighted by Gasteiger charge is -2.05. The number of benzene rings is 1. The molecule has 1 aromatic carbocycles. The fourth-order valence-corrected chi connectivity index (χ4v) is 2.43. The van der Waals surface area contributed by atoms with E-state index in [4.69, 9.17) is 11.6 Å². The van der Waals surface area contributed by atoms with Crippen molar-refractivity contribution in [1.29, 1.82) is 0 Å². The van der Waals surface area contributed by atoms with Crippen molar-refractivity contribution in [3.05, 3.63) is 64.9 Å². The third-order valence-electron chi connectivity index (χ3n) is 3.22. The highest BCUT2D eigenvalue weighted by Gasteiger charge is 2.35. The van der Waals surface area contributed by atoms with Gasteiger partial charge in [0.25, 0.3) is 5.91 Å². The molecule has 2 aromatic rings. The van der Waals surface area contributed by atoms with Crippen LogP contribution in [0.3, 0.4) is 0 Å². The SMILES string of the molecule is O=C1CC(c2ccccc2)/[N+](=C/c2cccnc2Cl)N1. The average molecular weight is 287 g/mol. The molecule has 0 spiro atoms. The van der Waals surface area contributed by atoms with Gasteiger partial charge in [-0.2, -0.15) is 0 Å². The van der Waals surface area contributed by atoms with E-state index in [1.165, 1.54) is 0 Å². The van der Waals surface area contributed by atoms with Gasteiger partial charge in [0, 0.05) is 11.8 Å². The molecule has 1 saturated heterocycles. The standard InChI is InChI=1S/C15H12ClN3O/c16-15-12(7-4-8-17-15)10-19-13(9-14(20)18-19)11-5-2-1-3-6-11/h1-8,10,13H,9H2/p+1. The zero-order valence-corrected chi connectivity index (χ0v) is 11.4. The molecule has 5 heteroatoms. The number of hydrogen-bond donors (Lipinski definition) is 1. The monoisotopic (exact) mass is 286 g/mol. The molecule has 0 bridgehead atoms. The lowest BCUT2D eigenvalue weighted by Crippen LogP contribution is -2.26. The van der Waals surface area contributed by atoms with E-state index in [0.29, 0.717) is 11.6 Å². The van der Waals surface area contributed by atoms with Crippen LogP contribution in [0.15, 0.2) is 48.7 Å². The molecular weight excluding hydrogens is 274 g/mol. The summed E-state index contributed by atoms with van der Waals surface area (Å²) in [5.74, 6) is -0.00452. The minimum absolute atomic E-state index is 0.00452. The van der Waals surface area contributed by atoms with Gasteiger partial charge in [0.2, 0.25) is 12.3 Å². The van der Waals surface area contributed by atoms with Gasteiger partial charge < -0.3 is 0 Å². The van der Waals surface area contributed by atoms with Crippen molar-refractivity contribution in [2.75, 3.05) is 0 Å². The minimum Gasteiger partial charge on any atom is -0.269 e. The second-order valence-electron chi connectivity index (χ2n) is 4.59. The average Bonchev–Trinajstić information content (AvgIpc) is 2.83. The van der Waals surface area contributed by atoms with E-state index >= 15 is 0 Å². The molecule has 3 rings (SSSR count). The summed E-state index contributed by atoms with van der Waals surface area (Å²) in [5, 5.41) is 0.417. The third-order valence-corrected chi connectivity index (χ3v) is 3.53. The van der Waals surface area contributed by atoms with Crippen LogP contribution in [0.25, 0.3) is 0 Å². The second kappa shape index (κ2) is 5.43. The van der Waals surface area contributed by atoms with Gasteiger partial charge in [-0.1, -0.05) is 41.9 Å². The van der Waals surface area contributed by atoms with E-state index in [1.54, 1.807) is 10.9 Å². The maximum atomic E-state index is 11.7. The number of carbonyl (C=O) groups is 1. The first-order valence-corrected chi connectivity index (χ1v) is 6.70. The summed E-state index contributed by atoms with van der Waals surface area (Å²) in [6.45, 7) is 0. The number of rotatable bonds is 2. The lowest BCUT2D eigenvalue weighted by atomic mass is 10.1. The molecule has 1 aliphatic heterocycles. The van der Waals surface area contributed by atoms with Crippen molar-refractivity contribution in [2.45, 2.75) is 12.5 Å². The van der Waals surface area contributed by atoms with Gasteiger partial charge in [-0.15, -0.1) is 10.1 Å². The van der Waals surface area contributed by atoms with Crippen molar-refractivity contribution >= 4 is 23.7 Å². The predicted molar refractivity (Wildman–Crippen MR) is 76.6 cm³/mol. The summed E-state index contributed by atoms with van der Waals surface area (Å²) in [5.41, 5.74) is 4.69. The second-order valence-corrected chi connectivity index (χ2v) is 4.94. The van der Waals surface area contributed by atoms with E-state index < -0.39 is 0 Å². The summed E-state index contributed by atoms with van der Waals surface area (Å²) >= 11 is 6.05. The summed E-state index contributed by atoms with van der Waals surface area (Å²) in [6.07, 6.45) is 3.88. The Hall–Kier alpha value is -2.20. The molecule has 1 unspecified atom stereocenters. The zero-order chi connectivity index (χ0) is 13.9. The van der Waals surface area contributed by atoms with Crippen LogP contribution in [0.1, 0.15) is 23.6 Å². The minimum atomic E-state index is -0.0278. The van der Waals surface area contributed by atoms with Crippen LogP contribution in [0.4, 0.5) is 0 Å². The summed E-state index contributed by atoms with van der Waals surface area (Å²) < 4.78 is 1.79. The van der Waals surface area contributed by atoms with Crippen molar-refractivity contribution in [2.24, 2.45) is 0 Å². The Morgan fingerprint density at radius 1 is 1.25 bits per heavy atom. The number of hydrazone groups is 1. The predicted octanol–water partition coefficient (Wildman–Crippen LogP) is 2.34. The molecular formula is C15H13ClN3O+. The number of nitrogens with one attached hydrogen (secondary N) is 1. The van der Waals surface area contributed by atoms with E-state index in [1.807, 2.05) is 48.7 Å². The smallest absolute Gasteiger partial charge is 0.269 e. The van der Waals surface area contributed by atoms with Gasteiger partial charge in [0.15, 0.2) is 0 Å². The van der Waals surface area contributed by atoms with Crippen molar-refractivity contribution in [3.8, 4) is 0 Å². The van der Waals surface area contributed by atoms with E-state index in [2.05, 4.69) is 10.4 Å². The molecule has 4 nitrogen and oxygen atoms in total. The molecule has 20 heavy (non-hydrogen) atoms. The Labute approximate surface area is 121 Å². The summed E-state index contributed by atoms with van der Waals surface area (Å²) in [7, 11) is 0. The molecule has 1 aliphatic rings. The van der Waals surface area contributed by atoms with Crippen LogP contribution >= 0.6 is 11.6 Å². The van der Waals surface area contributed by atoms with Crippen molar-refractivity contribution in [1.82, 2.24) is 10.4 Å². The van der Waals surface area contributed by atoms with Crippen LogP contribution < -0.4 is 5.43 Å². The number of hydrazine groups is 1. The highest BCUT2D eigenvalue weighted by Crippen LogP contribution is 2.24. The molecule has 0 aliphatic carbocycles. The summed E-state index contributed by atoms with van der Waals surface area (Å²) in [4.78, 5) is 15.7. The first-order valence-electron chi connectivity index (χ1n) is 6.32. The van der Waals surface area contributed by atoms with Crippen LogP contribution in [-0.2, 0) is 4.79 Å². The first-order chi connectivity index (χ1) is 9.74. The molecule has 100 valence electrons. The number of amides is 1. The maximum Gasteiger partial charge on any atom is 0.281 e. The number of aromatic nitrogens is 1. The van der Waals surface area contributed by atoms with Crippen LogP contribution in [0.5, 0.6) is 0 Å². The number of pyridine rings is 1. The topological polar surface area (TPSA) is 45.0 Å². The number of hydrogen-bond acceptors (Lipinski definition) is 2. The van der Waals surface area contributed by atoms with E-state index in [9.17, 15) is 4.79 Å². The Morgan fingerprint density at radius 2 is 2.05 bits per heavy atom. The fourth-order valence-electron chi connectivity index (χ4n) is 2.26. The van der Waals surface area contributed by atoms with Crippen molar-refractivity contribution in [3.63, 3.8) is 0 Å². The molecule has 1 N–H and O–H groups in total. The Kier molecular flexibility index (Phi) is 3.48. The quantitative estimate of drug-likeness (QED) is 0.680. The molecule has 1 atom stereocenters. The van der Waals surface area contributed by atoms with Crippen molar-refractivity contribution < 1.29 is 9.48 Å². The normalized spacial score (nSPS) is 20.1. The fraction of sp³-hybridized carbons (Fsp3) is 0.133. The largest absolute Gasteiger partial charge is 0.281 e. The Morgan fingerprint density at radius 3 is 2.80 bits per heavy atom. The van der Waals surface area contributed by atoms with Gasteiger partial charge in [-0.05, 0) is 12.1 Å². The molecule has 1 amide bonds. The van der Waals surface area contributed by atoms with Gasteiger partial charge in [0.05, 0.1) is 5.56 Å². The molecule has 1 fully saturated rings. The first kappa shape index (κ1) is 12.8. The molecule has 1 aromatic heterocycles. The Bertz CT molecular complexity index is 670. The maximum absolute atomic E-state index is 11.7. The van der Waals surface area contributed by atoms with Gasteiger partial charge in [-0.25, -0.2) is 4.98 Å². The lowest BCUT2D eigenvalue weighted by molar-refractivity contribution is -0.594. The van der Waals surface area contributed by atoms with Gasteiger partial charge in [0.1, 0.15) is 11.6 Å². The van der Waals surface area contributed by atoms with Gasteiger partial charge in [-0.3, -0.25) is 4.79 Å². The molecule has 0 saturated carbocycles. The van der Waals surface area contributed by atoms with Crippen LogP contribution in [0, 0.1) is 0 Å². The number of halogens is 1. The highest BCUT2D eigenvalue weighted by molar-refractivity contribution is 6.31. The van der Waals surface area contributed by atoms with E-state index in [-0.39, 0.29) is 11.9 Å². The van der Waals surface area contributed by atoms with Crippen LogP contribution in [0.2, 0.25) is 5.15 Å². The number of carbonyl (C=O) groups excluding carboxylic acids is 1. The van der Waals surface area contributed by atoms with E-state index in [0.717, 1.165) is 11.1 Å². The van der Waals surface area contributed by atoms with Crippen LogP contribution in [-0.4, -0.2) is 21.8 Å². The highest BCUT2D eigenvalue weighted by atomic mass is 35.5. The molecule has 2 heterocycles. The third kappa shape index (κ3) is 2.56. The summed E-state index contributed by atoms with van der Waals surface area (Å²) in [6, 6.07) is 13.6. The Balaban J connectivity index is 1.99. The molecule has 0 radical (unpaired) electrons. The zero-order valence-electron chi connectivity index (χ0n) is 10.7.